The number of ether oxygens (including phenoxy) is 1. The predicted molar refractivity (Wildman–Crippen MR) is 113 cm³/mol. The lowest BCUT2D eigenvalue weighted by molar-refractivity contribution is -0.112. The van der Waals surface area contributed by atoms with Gasteiger partial charge in [-0.1, -0.05) is 49.4 Å². The lowest BCUT2D eigenvalue weighted by Gasteiger charge is -2.19. The first-order chi connectivity index (χ1) is 13.6. The highest BCUT2D eigenvalue weighted by Gasteiger charge is 2.21. The van der Waals surface area contributed by atoms with Crippen molar-refractivity contribution in [1.29, 1.82) is 0 Å². The van der Waals surface area contributed by atoms with Crippen LogP contribution >= 0.6 is 11.8 Å². The Kier molecular flexibility index (Phi) is 6.76. The lowest BCUT2D eigenvalue weighted by atomic mass is 10.0. The molecule has 2 aromatic carbocycles. The highest BCUT2D eigenvalue weighted by Crippen LogP contribution is 2.27. The standard InChI is InChI=1S/C22H24N2O3S/c1-15(17-8-4-3-5-9-17)14-23-21(25)18-10-6-7-11-19(18)24-22(26)20-16(2)27-12-13-28-20/h3-11,15H,12-14H2,1-2H3,(H,23,25)(H,24,26). The number of para-hydroxylation sites is 1. The van der Waals surface area contributed by atoms with Gasteiger partial charge in [0.05, 0.1) is 17.9 Å². The van der Waals surface area contributed by atoms with Crippen LogP contribution in [-0.2, 0) is 9.53 Å². The average molecular weight is 397 g/mol. The number of benzene rings is 2. The normalized spacial score (nSPS) is 14.8. The summed E-state index contributed by atoms with van der Waals surface area (Å²) in [5, 5.41) is 5.82. The first-order valence-electron chi connectivity index (χ1n) is 9.26. The third-order valence-electron chi connectivity index (χ3n) is 4.53. The van der Waals surface area contributed by atoms with E-state index in [9.17, 15) is 9.59 Å². The summed E-state index contributed by atoms with van der Waals surface area (Å²) in [6.07, 6.45) is 0. The van der Waals surface area contributed by atoms with Crippen molar-refractivity contribution in [3.05, 3.63) is 76.4 Å². The van der Waals surface area contributed by atoms with Crippen molar-refractivity contribution in [3.8, 4) is 0 Å². The molecule has 2 amide bonds. The topological polar surface area (TPSA) is 67.4 Å². The van der Waals surface area contributed by atoms with Gasteiger partial charge in [0.2, 0.25) is 0 Å². The van der Waals surface area contributed by atoms with Crippen LogP contribution in [0.4, 0.5) is 5.69 Å². The summed E-state index contributed by atoms with van der Waals surface area (Å²) in [6, 6.07) is 17.1. The number of hydrogen-bond donors (Lipinski definition) is 2. The third kappa shape index (κ3) is 4.95. The number of carbonyl (C=O) groups excluding carboxylic acids is 2. The first-order valence-corrected chi connectivity index (χ1v) is 10.2. The zero-order valence-corrected chi connectivity index (χ0v) is 16.8. The predicted octanol–water partition coefficient (Wildman–Crippen LogP) is 4.15. The second-order valence-corrected chi connectivity index (χ2v) is 7.71. The van der Waals surface area contributed by atoms with E-state index >= 15 is 0 Å². The quantitative estimate of drug-likeness (QED) is 0.770. The number of hydrogen-bond acceptors (Lipinski definition) is 4. The van der Waals surface area contributed by atoms with Crippen molar-refractivity contribution in [2.24, 2.45) is 0 Å². The molecule has 1 atom stereocenters. The van der Waals surface area contributed by atoms with E-state index in [-0.39, 0.29) is 17.7 Å². The van der Waals surface area contributed by atoms with Gasteiger partial charge in [-0.2, -0.15) is 0 Å². The van der Waals surface area contributed by atoms with Crippen LogP contribution in [-0.4, -0.2) is 30.7 Å². The van der Waals surface area contributed by atoms with Gasteiger partial charge in [0.25, 0.3) is 11.8 Å². The van der Waals surface area contributed by atoms with Crippen LogP contribution < -0.4 is 10.6 Å². The van der Waals surface area contributed by atoms with Gasteiger partial charge in [0.15, 0.2) is 0 Å². The first kappa shape index (κ1) is 20.0. The van der Waals surface area contributed by atoms with Gasteiger partial charge < -0.3 is 15.4 Å². The maximum Gasteiger partial charge on any atom is 0.265 e. The molecule has 0 saturated heterocycles. The maximum absolute atomic E-state index is 12.7. The second kappa shape index (κ2) is 9.46. The fourth-order valence-corrected chi connectivity index (χ4v) is 3.76. The Morgan fingerprint density at radius 3 is 2.54 bits per heavy atom. The molecule has 6 heteroatoms. The van der Waals surface area contributed by atoms with E-state index in [1.54, 1.807) is 31.2 Å². The Morgan fingerprint density at radius 1 is 1.07 bits per heavy atom. The summed E-state index contributed by atoms with van der Waals surface area (Å²) in [5.74, 6) is 1.08. The number of thioether (sulfide) groups is 1. The zero-order chi connectivity index (χ0) is 19.9. The Labute approximate surface area is 169 Å². The molecule has 2 aromatic rings. The molecule has 0 bridgehead atoms. The van der Waals surface area contributed by atoms with Crippen LogP contribution in [0.25, 0.3) is 0 Å². The van der Waals surface area contributed by atoms with Crippen LogP contribution in [0, 0.1) is 0 Å². The Morgan fingerprint density at radius 2 is 1.79 bits per heavy atom. The molecule has 0 aliphatic carbocycles. The minimum Gasteiger partial charge on any atom is -0.496 e. The maximum atomic E-state index is 12.7. The third-order valence-corrected chi connectivity index (χ3v) is 5.66. The van der Waals surface area contributed by atoms with E-state index in [0.717, 1.165) is 5.75 Å². The number of amides is 2. The Balaban J connectivity index is 1.67. The van der Waals surface area contributed by atoms with Crippen molar-refractivity contribution in [3.63, 3.8) is 0 Å². The molecule has 5 nitrogen and oxygen atoms in total. The summed E-state index contributed by atoms with van der Waals surface area (Å²) in [5.41, 5.74) is 2.10. The van der Waals surface area contributed by atoms with Gasteiger partial charge in [-0.05, 0) is 30.5 Å². The molecule has 0 spiro atoms. The molecule has 0 saturated carbocycles. The fraction of sp³-hybridized carbons (Fsp3) is 0.273. The molecule has 0 radical (unpaired) electrons. The van der Waals surface area contributed by atoms with Crippen molar-refractivity contribution in [2.75, 3.05) is 24.2 Å². The molecule has 28 heavy (non-hydrogen) atoms. The number of carbonyl (C=O) groups is 2. The SMILES string of the molecule is CC1=C(C(=O)Nc2ccccc2C(=O)NCC(C)c2ccccc2)SCCO1. The Bertz CT molecular complexity index is 880. The van der Waals surface area contributed by atoms with Crippen molar-refractivity contribution in [2.45, 2.75) is 19.8 Å². The molecule has 1 aliphatic heterocycles. The molecule has 3 rings (SSSR count). The van der Waals surface area contributed by atoms with Gasteiger partial charge in [-0.15, -0.1) is 11.8 Å². The van der Waals surface area contributed by atoms with E-state index in [4.69, 9.17) is 4.74 Å². The second-order valence-electron chi connectivity index (χ2n) is 6.60. The van der Waals surface area contributed by atoms with Gasteiger partial charge in [-0.25, -0.2) is 0 Å². The van der Waals surface area contributed by atoms with Crippen LogP contribution in [0.1, 0.15) is 35.7 Å². The van der Waals surface area contributed by atoms with Crippen molar-refractivity contribution in [1.82, 2.24) is 5.32 Å². The summed E-state index contributed by atoms with van der Waals surface area (Å²) in [7, 11) is 0. The number of anilines is 1. The minimum atomic E-state index is -0.250. The molecule has 0 fully saturated rings. The van der Waals surface area contributed by atoms with Gasteiger partial charge >= 0.3 is 0 Å². The molecular weight excluding hydrogens is 372 g/mol. The summed E-state index contributed by atoms with van der Waals surface area (Å²) in [6.45, 7) is 4.97. The van der Waals surface area contributed by atoms with E-state index < -0.39 is 0 Å². The fourth-order valence-electron chi connectivity index (χ4n) is 2.94. The summed E-state index contributed by atoms with van der Waals surface area (Å²) < 4.78 is 5.45. The molecule has 146 valence electrons. The molecule has 1 aliphatic rings. The molecular formula is C22H24N2O3S. The number of rotatable bonds is 6. The molecule has 1 unspecified atom stereocenters. The van der Waals surface area contributed by atoms with Gasteiger partial charge in [0, 0.05) is 12.3 Å². The zero-order valence-electron chi connectivity index (χ0n) is 16.0. The largest absolute Gasteiger partial charge is 0.496 e. The highest BCUT2D eigenvalue weighted by molar-refractivity contribution is 8.04. The van der Waals surface area contributed by atoms with Crippen LogP contribution in [0.2, 0.25) is 0 Å². The number of allylic oxidation sites excluding steroid dienone is 1. The van der Waals surface area contributed by atoms with E-state index in [1.807, 2.05) is 30.3 Å². The molecule has 0 aromatic heterocycles. The molecule has 1 heterocycles. The van der Waals surface area contributed by atoms with E-state index in [2.05, 4.69) is 17.6 Å². The van der Waals surface area contributed by atoms with Crippen LogP contribution in [0.15, 0.2) is 65.3 Å². The van der Waals surface area contributed by atoms with E-state index in [1.165, 1.54) is 17.3 Å². The average Bonchev–Trinajstić information content (AvgIpc) is 2.73. The molecule has 2 N–H and O–H groups in total. The van der Waals surface area contributed by atoms with Crippen LogP contribution in [0.5, 0.6) is 0 Å². The monoisotopic (exact) mass is 396 g/mol. The van der Waals surface area contributed by atoms with Gasteiger partial charge in [0.1, 0.15) is 10.7 Å². The van der Waals surface area contributed by atoms with Crippen molar-refractivity contribution < 1.29 is 14.3 Å². The highest BCUT2D eigenvalue weighted by atomic mass is 32.2. The van der Waals surface area contributed by atoms with E-state index in [0.29, 0.717) is 35.1 Å². The van der Waals surface area contributed by atoms with Crippen LogP contribution in [0.3, 0.4) is 0 Å². The lowest BCUT2D eigenvalue weighted by Crippen LogP contribution is -2.29. The Hall–Kier alpha value is -2.73. The van der Waals surface area contributed by atoms with Gasteiger partial charge in [-0.3, -0.25) is 9.59 Å². The smallest absolute Gasteiger partial charge is 0.265 e. The number of nitrogens with one attached hydrogen (secondary N) is 2. The summed E-state index contributed by atoms with van der Waals surface area (Å²) in [4.78, 5) is 25.9. The van der Waals surface area contributed by atoms with Crippen molar-refractivity contribution >= 4 is 29.3 Å². The summed E-state index contributed by atoms with van der Waals surface area (Å²) >= 11 is 1.47. The minimum absolute atomic E-state index is 0.190.